The van der Waals surface area contributed by atoms with Crippen molar-refractivity contribution in [3.8, 4) is 33.4 Å². The zero-order valence-electron chi connectivity index (χ0n) is 30.3. The number of allylic oxidation sites excluding steroid dienone is 2. The first-order chi connectivity index (χ1) is 22.7. The summed E-state index contributed by atoms with van der Waals surface area (Å²) in [5, 5.41) is 0. The van der Waals surface area contributed by atoms with Gasteiger partial charge >= 0.3 is 293 Å². The number of aryl methyl sites for hydroxylation is 4. The van der Waals surface area contributed by atoms with Crippen LogP contribution in [0.2, 0.25) is 9.26 Å². The summed E-state index contributed by atoms with van der Waals surface area (Å²) >= 11 is -3.80. The molecule has 0 aromatic heterocycles. The van der Waals surface area contributed by atoms with Gasteiger partial charge in [0, 0.05) is 0 Å². The third-order valence-corrected chi connectivity index (χ3v) is 28.8. The maximum atomic E-state index is 2.78. The second-order valence-electron chi connectivity index (χ2n) is 16.4. The molecule has 0 radical (unpaired) electrons. The molecule has 0 nitrogen and oxygen atoms in total. The Morgan fingerprint density at radius 3 is 1.69 bits per heavy atom. The SMILES string of the molecule is CC1=Cc2c(-c3cc(C)cc(C)c3)cc(-c3cc(C)cc(C)c3)cc2[CH]1[Zr]([CH3])([CH3])(=[SiH2])[CH]1C(C(C)C)=Cc2c(-c3ccccc3)cccc21. The second kappa shape index (κ2) is 11.9. The molecule has 242 valence electrons. The van der Waals surface area contributed by atoms with Gasteiger partial charge in [-0.05, 0) is 0 Å². The molecule has 7 rings (SSSR count). The van der Waals surface area contributed by atoms with Gasteiger partial charge in [-0.3, -0.25) is 0 Å². The van der Waals surface area contributed by atoms with E-state index in [4.69, 9.17) is 0 Å². The van der Waals surface area contributed by atoms with Gasteiger partial charge in [0.2, 0.25) is 0 Å². The van der Waals surface area contributed by atoms with Crippen LogP contribution in [0.3, 0.4) is 0 Å². The Labute approximate surface area is 291 Å². The minimum absolute atomic E-state index is 0.453. The number of hydrogen-bond acceptors (Lipinski definition) is 0. The van der Waals surface area contributed by atoms with Crippen LogP contribution in [-0.2, 0) is 17.4 Å². The molecule has 5 aromatic rings. The first-order valence-electron chi connectivity index (χ1n) is 17.7. The molecule has 0 spiro atoms. The van der Waals surface area contributed by atoms with E-state index in [1.807, 2.05) is 0 Å². The molecule has 0 saturated heterocycles. The van der Waals surface area contributed by atoms with E-state index in [1.165, 1.54) is 66.8 Å². The fourth-order valence-electron chi connectivity index (χ4n) is 9.59. The average molecular weight is 722 g/mol. The van der Waals surface area contributed by atoms with E-state index < -0.39 is 17.4 Å². The molecular weight excluding hydrogens is 672 g/mol. The summed E-state index contributed by atoms with van der Waals surface area (Å²) in [4.78, 5) is 0. The van der Waals surface area contributed by atoms with E-state index in [0.717, 1.165) is 0 Å². The summed E-state index contributed by atoms with van der Waals surface area (Å²) in [6.45, 7) is 18.7. The maximum absolute atomic E-state index is 3.80. The van der Waals surface area contributed by atoms with Gasteiger partial charge in [0.25, 0.3) is 0 Å². The quantitative estimate of drug-likeness (QED) is 0.153. The van der Waals surface area contributed by atoms with Crippen molar-refractivity contribution >= 4 is 19.0 Å². The molecular formula is C46H50SiZr. The Balaban J connectivity index is 1.48. The first-order valence-corrected chi connectivity index (χ1v) is 31.4. The molecule has 2 heteroatoms. The number of benzene rings is 5. The molecule has 48 heavy (non-hydrogen) atoms. The van der Waals surface area contributed by atoms with Gasteiger partial charge < -0.3 is 0 Å². The normalized spacial score (nSPS) is 17.3. The Morgan fingerprint density at radius 2 is 1.08 bits per heavy atom. The standard InChI is InChI=1S/C26H25.C18H17.2CH3.H2Si.Zr/c1-16-6-17(2)9-21(8-16)22-14-24-12-20(5)13-25(24)26(15-22)23-10-18(3)7-19(4)11-23;1-13(2)16-11-15-9-6-10-17(18(15)12-16)14-7-4-3-5-8-14;;;;/h6-15H,1-5H3;3-13H,1-2H3;2*1H3;1H2;. The van der Waals surface area contributed by atoms with Crippen molar-refractivity contribution < 1.29 is 17.4 Å². The van der Waals surface area contributed by atoms with Crippen LogP contribution in [0.5, 0.6) is 0 Å². The van der Waals surface area contributed by atoms with Gasteiger partial charge in [-0.25, -0.2) is 0 Å². The Morgan fingerprint density at radius 1 is 0.521 bits per heavy atom. The average Bonchev–Trinajstić information content (AvgIpc) is 3.59. The first kappa shape index (κ1) is 33.2. The Bertz CT molecular complexity index is 2200. The van der Waals surface area contributed by atoms with Crippen molar-refractivity contribution in [2.45, 2.75) is 65.0 Å². The second-order valence-corrected chi connectivity index (χ2v) is 46.9. The van der Waals surface area contributed by atoms with Crippen LogP contribution >= 0.6 is 0 Å². The molecule has 5 aromatic carbocycles. The topological polar surface area (TPSA) is 0 Å². The third-order valence-electron chi connectivity index (χ3n) is 11.2. The van der Waals surface area contributed by atoms with Gasteiger partial charge in [-0.2, -0.15) is 0 Å². The van der Waals surface area contributed by atoms with Crippen molar-refractivity contribution in [3.05, 3.63) is 153 Å². The molecule has 2 aliphatic carbocycles. The fraction of sp³-hybridized carbons (Fsp3) is 0.261. The molecule has 0 heterocycles. The predicted octanol–water partition coefficient (Wildman–Crippen LogP) is 12.5. The van der Waals surface area contributed by atoms with E-state index in [1.54, 1.807) is 22.3 Å². The van der Waals surface area contributed by atoms with Gasteiger partial charge in [-0.1, -0.05) is 0 Å². The summed E-state index contributed by atoms with van der Waals surface area (Å²) < 4.78 is 6.50. The van der Waals surface area contributed by atoms with Gasteiger partial charge in [-0.15, -0.1) is 0 Å². The van der Waals surface area contributed by atoms with Crippen LogP contribution in [0.4, 0.5) is 0 Å². The van der Waals surface area contributed by atoms with Crippen molar-refractivity contribution in [1.82, 2.24) is 0 Å². The minimum atomic E-state index is -3.80. The number of rotatable bonds is 6. The molecule has 0 fully saturated rings. The van der Waals surface area contributed by atoms with Crippen LogP contribution in [0.25, 0.3) is 45.5 Å². The van der Waals surface area contributed by atoms with Crippen molar-refractivity contribution in [1.29, 1.82) is 0 Å². The monoisotopic (exact) mass is 720 g/mol. The van der Waals surface area contributed by atoms with Crippen LogP contribution in [0, 0.1) is 33.6 Å². The Kier molecular flexibility index (Phi) is 8.25. The third kappa shape index (κ3) is 5.64. The summed E-state index contributed by atoms with van der Waals surface area (Å²) in [6, 6.07) is 37.3. The van der Waals surface area contributed by atoms with Gasteiger partial charge in [0.15, 0.2) is 0 Å². The van der Waals surface area contributed by atoms with Crippen molar-refractivity contribution in [2.75, 3.05) is 0 Å². The Hall–Kier alpha value is -3.32. The van der Waals surface area contributed by atoms with E-state index in [9.17, 15) is 0 Å². The van der Waals surface area contributed by atoms with E-state index in [2.05, 4.69) is 174 Å². The van der Waals surface area contributed by atoms with E-state index in [-0.39, 0.29) is 0 Å². The molecule has 2 atom stereocenters. The summed E-state index contributed by atoms with van der Waals surface area (Å²) in [5.74, 6) is 0.487. The zero-order chi connectivity index (χ0) is 34.1. The molecule has 0 saturated carbocycles. The van der Waals surface area contributed by atoms with Gasteiger partial charge in [0.1, 0.15) is 0 Å². The van der Waals surface area contributed by atoms with Crippen molar-refractivity contribution in [2.24, 2.45) is 5.92 Å². The van der Waals surface area contributed by atoms with Crippen LogP contribution < -0.4 is 0 Å². The molecule has 2 aliphatic rings. The fourth-order valence-corrected chi connectivity index (χ4v) is 30.1. The molecule has 0 amide bonds. The molecule has 0 N–H and O–H groups in total. The number of hydrogen-bond donors (Lipinski definition) is 0. The molecule has 2 unspecified atom stereocenters. The predicted molar refractivity (Wildman–Crippen MR) is 210 cm³/mol. The zero-order valence-corrected chi connectivity index (χ0v) is 34.2. The summed E-state index contributed by atoms with van der Waals surface area (Å²) in [7, 11) is 0. The van der Waals surface area contributed by atoms with Crippen LogP contribution in [0.15, 0.2) is 108 Å². The summed E-state index contributed by atoms with van der Waals surface area (Å²) in [6.07, 6.45) is 5.17. The van der Waals surface area contributed by atoms with Gasteiger partial charge in [0.05, 0.1) is 0 Å². The summed E-state index contributed by atoms with van der Waals surface area (Å²) in [5.41, 5.74) is 22.5. The van der Waals surface area contributed by atoms with Crippen LogP contribution in [0.1, 0.15) is 72.5 Å². The van der Waals surface area contributed by atoms with Crippen LogP contribution in [-0.4, -0.2) is 6.88 Å². The van der Waals surface area contributed by atoms with Crippen molar-refractivity contribution in [3.63, 3.8) is 0 Å². The molecule has 0 aliphatic heterocycles. The molecule has 0 bridgehead atoms. The number of fused-ring (bicyclic) bond motifs is 2. The van der Waals surface area contributed by atoms with E-state index in [0.29, 0.717) is 13.2 Å². The van der Waals surface area contributed by atoms with E-state index >= 15 is 0 Å².